The Bertz CT molecular complexity index is 539. The average Bonchev–Trinajstić information content (AvgIpc) is 2.53. The van der Waals surface area contributed by atoms with E-state index < -0.39 is 0 Å². The van der Waals surface area contributed by atoms with Gasteiger partial charge in [-0.1, -0.05) is 25.3 Å². The van der Waals surface area contributed by atoms with Crippen molar-refractivity contribution in [2.75, 3.05) is 20.6 Å². The maximum atomic E-state index is 12.3. The molecule has 0 saturated heterocycles. The molecule has 0 unspecified atom stereocenters. The molecule has 0 radical (unpaired) electrons. The summed E-state index contributed by atoms with van der Waals surface area (Å²) < 4.78 is 0. The molecular formula is C17H23N3O. The number of benzene rings is 1. The Hall–Kier alpha value is -1.86. The van der Waals surface area contributed by atoms with E-state index in [2.05, 4.69) is 30.4 Å². The largest absolute Gasteiger partial charge is 0.350 e. The summed E-state index contributed by atoms with van der Waals surface area (Å²) in [5, 5.41) is 12.0. The first-order valence-electron chi connectivity index (χ1n) is 7.53. The Labute approximate surface area is 126 Å². The quantitative estimate of drug-likeness (QED) is 0.925. The number of nitrogens with one attached hydrogen (secondary N) is 1. The Morgan fingerprint density at radius 1 is 1.33 bits per heavy atom. The van der Waals surface area contributed by atoms with E-state index in [0.29, 0.717) is 17.7 Å². The van der Waals surface area contributed by atoms with E-state index in [4.69, 9.17) is 5.26 Å². The first kappa shape index (κ1) is 15.5. The summed E-state index contributed by atoms with van der Waals surface area (Å²) in [5.74, 6) is -0.0982. The zero-order chi connectivity index (χ0) is 15.3. The van der Waals surface area contributed by atoms with Crippen LogP contribution in [0.2, 0.25) is 0 Å². The van der Waals surface area contributed by atoms with Gasteiger partial charge in [-0.15, -0.1) is 0 Å². The van der Waals surface area contributed by atoms with Crippen LogP contribution < -0.4 is 5.32 Å². The van der Waals surface area contributed by atoms with Crippen molar-refractivity contribution in [1.82, 2.24) is 10.2 Å². The van der Waals surface area contributed by atoms with Crippen LogP contribution in [0.15, 0.2) is 24.3 Å². The zero-order valence-electron chi connectivity index (χ0n) is 12.9. The predicted molar refractivity (Wildman–Crippen MR) is 83.0 cm³/mol. The van der Waals surface area contributed by atoms with Crippen molar-refractivity contribution in [2.24, 2.45) is 0 Å². The third-order valence-electron chi connectivity index (χ3n) is 4.56. The number of nitriles is 1. The molecule has 1 aliphatic rings. The summed E-state index contributed by atoms with van der Waals surface area (Å²) in [7, 11) is 4.18. The summed E-state index contributed by atoms with van der Waals surface area (Å²) in [6.07, 6.45) is 5.97. The van der Waals surface area contributed by atoms with E-state index in [9.17, 15) is 4.79 Å². The van der Waals surface area contributed by atoms with Gasteiger partial charge in [0.15, 0.2) is 0 Å². The molecule has 4 nitrogen and oxygen atoms in total. The Balaban J connectivity index is 2.03. The third kappa shape index (κ3) is 3.62. The molecule has 1 aromatic rings. The lowest BCUT2D eigenvalue weighted by atomic mass is 9.80. The van der Waals surface area contributed by atoms with E-state index in [-0.39, 0.29) is 11.4 Å². The number of rotatable bonds is 4. The molecule has 1 fully saturated rings. The van der Waals surface area contributed by atoms with Gasteiger partial charge in [-0.2, -0.15) is 5.26 Å². The number of hydrogen-bond donors (Lipinski definition) is 1. The SMILES string of the molecule is CN(C)C1(CNC(=O)c2cccc(C#N)c2)CCCCC1. The fourth-order valence-electron chi connectivity index (χ4n) is 3.07. The third-order valence-corrected chi connectivity index (χ3v) is 4.56. The van der Waals surface area contributed by atoms with Gasteiger partial charge in [0.1, 0.15) is 0 Å². The number of amides is 1. The monoisotopic (exact) mass is 285 g/mol. The van der Waals surface area contributed by atoms with Gasteiger partial charge in [-0.25, -0.2) is 0 Å². The molecule has 1 amide bonds. The maximum Gasteiger partial charge on any atom is 0.251 e. The second-order valence-corrected chi connectivity index (χ2v) is 6.05. The van der Waals surface area contributed by atoms with Crippen LogP contribution in [0.3, 0.4) is 0 Å². The minimum atomic E-state index is -0.0982. The predicted octanol–water partition coefficient (Wildman–Crippen LogP) is 2.55. The van der Waals surface area contributed by atoms with Crippen LogP contribution >= 0.6 is 0 Å². The minimum absolute atomic E-state index is 0.0702. The molecular weight excluding hydrogens is 262 g/mol. The van der Waals surface area contributed by atoms with Crippen molar-refractivity contribution in [2.45, 2.75) is 37.6 Å². The normalized spacial score (nSPS) is 17.2. The number of carbonyl (C=O) groups excluding carboxylic acids is 1. The standard InChI is InChI=1S/C17H23N3O/c1-20(2)17(9-4-3-5-10-17)13-19-16(21)15-8-6-7-14(11-15)12-18/h6-8,11H,3-5,9-10,13H2,1-2H3,(H,19,21). The Morgan fingerprint density at radius 2 is 2.05 bits per heavy atom. The highest BCUT2D eigenvalue weighted by atomic mass is 16.1. The van der Waals surface area contributed by atoms with Crippen LogP contribution in [0.5, 0.6) is 0 Å². The lowest BCUT2D eigenvalue weighted by Gasteiger charge is -2.43. The lowest BCUT2D eigenvalue weighted by molar-refractivity contribution is 0.0799. The summed E-state index contributed by atoms with van der Waals surface area (Å²) in [6, 6.07) is 8.91. The van der Waals surface area contributed by atoms with E-state index in [1.165, 1.54) is 19.3 Å². The van der Waals surface area contributed by atoms with Crippen molar-refractivity contribution >= 4 is 5.91 Å². The van der Waals surface area contributed by atoms with E-state index in [0.717, 1.165) is 12.8 Å². The van der Waals surface area contributed by atoms with Crippen LogP contribution in [0.4, 0.5) is 0 Å². The summed E-state index contributed by atoms with van der Waals surface area (Å²) in [5.41, 5.74) is 1.14. The van der Waals surface area contributed by atoms with Crippen molar-refractivity contribution in [1.29, 1.82) is 5.26 Å². The lowest BCUT2D eigenvalue weighted by Crippen LogP contribution is -2.53. The van der Waals surface area contributed by atoms with Crippen molar-refractivity contribution in [3.8, 4) is 6.07 Å². The number of hydrogen-bond acceptors (Lipinski definition) is 3. The molecule has 2 rings (SSSR count). The highest BCUT2D eigenvalue weighted by molar-refractivity contribution is 5.94. The smallest absolute Gasteiger partial charge is 0.251 e. The van der Waals surface area contributed by atoms with Crippen molar-refractivity contribution in [3.63, 3.8) is 0 Å². The summed E-state index contributed by atoms with van der Waals surface area (Å²) in [6.45, 7) is 0.662. The molecule has 1 N–H and O–H groups in total. The van der Waals surface area contributed by atoms with Gasteiger partial charge >= 0.3 is 0 Å². The van der Waals surface area contributed by atoms with E-state index in [1.807, 2.05) is 0 Å². The Kier molecular flexibility index (Phi) is 4.98. The van der Waals surface area contributed by atoms with Crippen LogP contribution in [0, 0.1) is 11.3 Å². The summed E-state index contributed by atoms with van der Waals surface area (Å²) >= 11 is 0. The molecule has 4 heteroatoms. The molecule has 0 atom stereocenters. The highest BCUT2D eigenvalue weighted by Gasteiger charge is 2.34. The molecule has 1 aliphatic carbocycles. The van der Waals surface area contributed by atoms with Gasteiger partial charge in [0.25, 0.3) is 5.91 Å². The second-order valence-electron chi connectivity index (χ2n) is 6.05. The first-order valence-corrected chi connectivity index (χ1v) is 7.53. The average molecular weight is 285 g/mol. The molecule has 1 saturated carbocycles. The van der Waals surface area contributed by atoms with E-state index >= 15 is 0 Å². The van der Waals surface area contributed by atoms with Gasteiger partial charge < -0.3 is 10.2 Å². The molecule has 0 aromatic heterocycles. The maximum absolute atomic E-state index is 12.3. The zero-order valence-corrected chi connectivity index (χ0v) is 12.9. The fraction of sp³-hybridized carbons (Fsp3) is 0.529. The molecule has 112 valence electrons. The number of likely N-dealkylation sites (N-methyl/N-ethyl adjacent to an activating group) is 1. The van der Waals surface area contributed by atoms with Crippen LogP contribution in [-0.2, 0) is 0 Å². The molecule has 0 aliphatic heterocycles. The van der Waals surface area contributed by atoms with Gasteiger partial charge in [0.05, 0.1) is 11.6 Å². The molecule has 0 bridgehead atoms. The summed E-state index contributed by atoms with van der Waals surface area (Å²) in [4.78, 5) is 14.5. The van der Waals surface area contributed by atoms with Gasteiger partial charge in [0.2, 0.25) is 0 Å². The number of carbonyl (C=O) groups is 1. The molecule has 0 spiro atoms. The van der Waals surface area contributed by atoms with Crippen molar-refractivity contribution < 1.29 is 4.79 Å². The fourth-order valence-corrected chi connectivity index (χ4v) is 3.07. The second kappa shape index (κ2) is 6.73. The van der Waals surface area contributed by atoms with Crippen LogP contribution in [-0.4, -0.2) is 37.0 Å². The van der Waals surface area contributed by atoms with Gasteiger partial charge in [-0.3, -0.25) is 4.79 Å². The van der Waals surface area contributed by atoms with Gasteiger partial charge in [-0.05, 0) is 45.1 Å². The number of nitrogens with zero attached hydrogens (tertiary/aromatic N) is 2. The first-order chi connectivity index (χ1) is 10.1. The van der Waals surface area contributed by atoms with Crippen LogP contribution in [0.25, 0.3) is 0 Å². The topological polar surface area (TPSA) is 56.1 Å². The highest BCUT2D eigenvalue weighted by Crippen LogP contribution is 2.31. The van der Waals surface area contributed by atoms with Crippen LogP contribution in [0.1, 0.15) is 48.0 Å². The molecule has 0 heterocycles. The molecule has 21 heavy (non-hydrogen) atoms. The van der Waals surface area contributed by atoms with E-state index in [1.54, 1.807) is 24.3 Å². The Morgan fingerprint density at radius 3 is 2.67 bits per heavy atom. The van der Waals surface area contributed by atoms with Crippen molar-refractivity contribution in [3.05, 3.63) is 35.4 Å². The van der Waals surface area contributed by atoms with Gasteiger partial charge in [0, 0.05) is 17.6 Å². The molecule has 1 aromatic carbocycles. The minimum Gasteiger partial charge on any atom is -0.350 e.